The van der Waals surface area contributed by atoms with Crippen molar-refractivity contribution in [2.45, 2.75) is 25.7 Å². The molecule has 0 spiro atoms. The van der Waals surface area contributed by atoms with Gasteiger partial charge in [0.1, 0.15) is 6.61 Å². The van der Waals surface area contributed by atoms with Gasteiger partial charge in [-0.05, 0) is 12.5 Å². The second-order valence-electron chi connectivity index (χ2n) is 4.70. The Morgan fingerprint density at radius 3 is 2.75 bits per heavy atom. The zero-order valence-corrected chi connectivity index (χ0v) is 11.2. The Bertz CT molecular complexity index is 476. The SMILES string of the molecule is C[C@@H]1CO[C@@H](C(=O)O)CN1C(=O)OCc1ccccc1. The molecule has 0 saturated carbocycles. The first kappa shape index (κ1) is 14.3. The molecule has 1 aliphatic heterocycles. The second kappa shape index (κ2) is 6.38. The van der Waals surface area contributed by atoms with Gasteiger partial charge in [0.2, 0.25) is 0 Å². The van der Waals surface area contributed by atoms with Gasteiger partial charge >= 0.3 is 12.1 Å². The number of aliphatic carboxylic acids is 1. The number of nitrogens with zero attached hydrogens (tertiary/aromatic N) is 1. The zero-order chi connectivity index (χ0) is 14.5. The Labute approximate surface area is 116 Å². The molecule has 2 rings (SSSR count). The number of benzene rings is 1. The van der Waals surface area contributed by atoms with E-state index in [0.717, 1.165) is 5.56 Å². The fraction of sp³-hybridized carbons (Fsp3) is 0.429. The summed E-state index contributed by atoms with van der Waals surface area (Å²) in [5, 5.41) is 8.93. The molecule has 1 amide bonds. The van der Waals surface area contributed by atoms with Crippen molar-refractivity contribution in [1.82, 2.24) is 4.90 Å². The predicted octanol–water partition coefficient (Wildman–Crippen LogP) is 1.50. The summed E-state index contributed by atoms with van der Waals surface area (Å²) in [6.07, 6.45) is -1.51. The first-order valence-corrected chi connectivity index (χ1v) is 6.39. The Kier molecular flexibility index (Phi) is 4.57. The molecule has 6 nitrogen and oxygen atoms in total. The van der Waals surface area contributed by atoms with Gasteiger partial charge < -0.3 is 14.6 Å². The van der Waals surface area contributed by atoms with Crippen LogP contribution in [0.4, 0.5) is 4.79 Å². The van der Waals surface area contributed by atoms with Crippen molar-refractivity contribution in [3.05, 3.63) is 35.9 Å². The van der Waals surface area contributed by atoms with Crippen LogP contribution in [0.1, 0.15) is 12.5 Å². The van der Waals surface area contributed by atoms with Crippen LogP contribution < -0.4 is 0 Å². The third kappa shape index (κ3) is 3.48. The topological polar surface area (TPSA) is 76.1 Å². The maximum atomic E-state index is 12.0. The summed E-state index contributed by atoms with van der Waals surface area (Å²) in [7, 11) is 0. The van der Waals surface area contributed by atoms with E-state index in [1.807, 2.05) is 30.3 Å². The van der Waals surface area contributed by atoms with Crippen molar-refractivity contribution in [2.24, 2.45) is 0 Å². The van der Waals surface area contributed by atoms with Crippen molar-refractivity contribution < 1.29 is 24.2 Å². The smallest absolute Gasteiger partial charge is 0.410 e. The van der Waals surface area contributed by atoms with E-state index in [0.29, 0.717) is 0 Å². The summed E-state index contributed by atoms with van der Waals surface area (Å²) in [5.74, 6) is -1.07. The highest BCUT2D eigenvalue weighted by atomic mass is 16.6. The summed E-state index contributed by atoms with van der Waals surface area (Å²) >= 11 is 0. The van der Waals surface area contributed by atoms with Gasteiger partial charge in [-0.15, -0.1) is 0 Å². The Morgan fingerprint density at radius 1 is 1.40 bits per heavy atom. The number of amides is 1. The maximum Gasteiger partial charge on any atom is 0.410 e. The molecule has 1 saturated heterocycles. The number of carbonyl (C=O) groups excluding carboxylic acids is 1. The normalized spacial score (nSPS) is 22.4. The van der Waals surface area contributed by atoms with Crippen LogP contribution in [0.25, 0.3) is 0 Å². The number of carboxylic acid groups (broad SMARTS) is 1. The molecule has 1 fully saturated rings. The average Bonchev–Trinajstić information content (AvgIpc) is 2.46. The summed E-state index contributed by atoms with van der Waals surface area (Å²) in [4.78, 5) is 24.3. The molecule has 2 atom stereocenters. The van der Waals surface area contributed by atoms with Crippen molar-refractivity contribution in [3.8, 4) is 0 Å². The van der Waals surface area contributed by atoms with Gasteiger partial charge in [-0.3, -0.25) is 4.90 Å². The first-order valence-electron chi connectivity index (χ1n) is 6.39. The van der Waals surface area contributed by atoms with Crippen molar-refractivity contribution in [1.29, 1.82) is 0 Å². The first-order chi connectivity index (χ1) is 9.58. The monoisotopic (exact) mass is 279 g/mol. The fourth-order valence-corrected chi connectivity index (χ4v) is 1.96. The number of hydrogen-bond acceptors (Lipinski definition) is 4. The van der Waals surface area contributed by atoms with Crippen LogP contribution in [0.2, 0.25) is 0 Å². The molecule has 0 aliphatic carbocycles. The minimum atomic E-state index is -1.07. The molecule has 0 aromatic heterocycles. The predicted molar refractivity (Wildman–Crippen MR) is 70.2 cm³/mol. The molecule has 0 unspecified atom stereocenters. The number of rotatable bonds is 3. The van der Waals surface area contributed by atoms with Crippen LogP contribution in [0, 0.1) is 0 Å². The van der Waals surface area contributed by atoms with Gasteiger partial charge in [-0.25, -0.2) is 9.59 Å². The van der Waals surface area contributed by atoms with Crippen molar-refractivity contribution in [2.75, 3.05) is 13.2 Å². The number of carbonyl (C=O) groups is 2. The lowest BCUT2D eigenvalue weighted by Crippen LogP contribution is -2.53. The number of ether oxygens (including phenoxy) is 2. The van der Waals surface area contributed by atoms with Gasteiger partial charge in [0.25, 0.3) is 0 Å². The summed E-state index contributed by atoms with van der Waals surface area (Å²) in [6, 6.07) is 9.12. The van der Waals surface area contributed by atoms with Gasteiger partial charge in [0.15, 0.2) is 6.10 Å². The summed E-state index contributed by atoms with van der Waals surface area (Å²) < 4.78 is 10.4. The molecule has 0 radical (unpaired) electrons. The third-order valence-electron chi connectivity index (χ3n) is 3.15. The van der Waals surface area contributed by atoms with E-state index < -0.39 is 18.2 Å². The minimum Gasteiger partial charge on any atom is -0.479 e. The number of carboxylic acids is 1. The van der Waals surface area contributed by atoms with Crippen molar-refractivity contribution >= 4 is 12.1 Å². The quantitative estimate of drug-likeness (QED) is 0.907. The van der Waals surface area contributed by atoms with Gasteiger partial charge in [0.05, 0.1) is 19.2 Å². The average molecular weight is 279 g/mol. The van der Waals surface area contributed by atoms with Gasteiger partial charge in [-0.1, -0.05) is 30.3 Å². The van der Waals surface area contributed by atoms with E-state index in [1.165, 1.54) is 4.90 Å². The molecular formula is C14H17NO5. The Hall–Kier alpha value is -2.08. The van der Waals surface area contributed by atoms with E-state index >= 15 is 0 Å². The van der Waals surface area contributed by atoms with E-state index in [4.69, 9.17) is 14.6 Å². The lowest BCUT2D eigenvalue weighted by atomic mass is 10.2. The van der Waals surface area contributed by atoms with Crippen LogP contribution in [0.3, 0.4) is 0 Å². The molecule has 6 heteroatoms. The molecule has 1 aromatic rings. The molecule has 108 valence electrons. The molecule has 1 aromatic carbocycles. The molecule has 1 heterocycles. The van der Waals surface area contributed by atoms with Crippen LogP contribution in [0.5, 0.6) is 0 Å². The van der Waals surface area contributed by atoms with Crippen molar-refractivity contribution in [3.63, 3.8) is 0 Å². The van der Waals surface area contributed by atoms with Crippen LogP contribution in [-0.4, -0.2) is 47.4 Å². The highest BCUT2D eigenvalue weighted by Gasteiger charge is 2.34. The number of morpholine rings is 1. The zero-order valence-electron chi connectivity index (χ0n) is 11.2. The summed E-state index contributed by atoms with van der Waals surface area (Å²) in [5.41, 5.74) is 0.886. The largest absolute Gasteiger partial charge is 0.479 e. The van der Waals surface area contributed by atoms with E-state index in [9.17, 15) is 9.59 Å². The fourth-order valence-electron chi connectivity index (χ4n) is 1.96. The van der Waals surface area contributed by atoms with Crippen LogP contribution in [0.15, 0.2) is 30.3 Å². The highest BCUT2D eigenvalue weighted by Crippen LogP contribution is 2.14. The van der Waals surface area contributed by atoms with Crippen LogP contribution in [-0.2, 0) is 20.9 Å². The van der Waals surface area contributed by atoms with E-state index in [1.54, 1.807) is 6.92 Å². The third-order valence-corrected chi connectivity index (χ3v) is 3.15. The second-order valence-corrected chi connectivity index (χ2v) is 4.70. The minimum absolute atomic E-state index is 0.00409. The molecule has 1 aliphatic rings. The number of hydrogen-bond donors (Lipinski definition) is 1. The molecule has 0 bridgehead atoms. The molecule has 1 N–H and O–H groups in total. The van der Waals surface area contributed by atoms with Gasteiger partial charge in [0, 0.05) is 0 Å². The summed E-state index contributed by atoms with van der Waals surface area (Å²) in [6.45, 7) is 2.16. The lowest BCUT2D eigenvalue weighted by molar-refractivity contribution is -0.157. The Balaban J connectivity index is 1.91. The van der Waals surface area contributed by atoms with E-state index in [-0.39, 0.29) is 25.8 Å². The van der Waals surface area contributed by atoms with Crippen LogP contribution >= 0.6 is 0 Å². The lowest BCUT2D eigenvalue weighted by Gasteiger charge is -2.35. The van der Waals surface area contributed by atoms with E-state index in [2.05, 4.69) is 0 Å². The maximum absolute atomic E-state index is 12.0. The van der Waals surface area contributed by atoms with Gasteiger partial charge in [-0.2, -0.15) is 0 Å². The molecule has 20 heavy (non-hydrogen) atoms. The standard InChI is InChI=1S/C14H17NO5/c1-10-8-19-12(13(16)17)7-15(10)14(18)20-9-11-5-3-2-4-6-11/h2-6,10,12H,7-9H2,1H3,(H,16,17)/t10-,12-/m1/s1. The molecular weight excluding hydrogens is 262 g/mol. The highest BCUT2D eigenvalue weighted by molar-refractivity contribution is 5.75. The Morgan fingerprint density at radius 2 is 2.10 bits per heavy atom.